The molecule has 0 aliphatic heterocycles. The van der Waals surface area contributed by atoms with Crippen molar-refractivity contribution in [2.75, 3.05) is 20.1 Å². The second-order valence-corrected chi connectivity index (χ2v) is 6.29. The Hall–Kier alpha value is -0.860. The molecule has 0 bridgehead atoms. The van der Waals surface area contributed by atoms with Gasteiger partial charge in [-0.15, -0.1) is 0 Å². The van der Waals surface area contributed by atoms with Gasteiger partial charge < -0.3 is 10.2 Å². The van der Waals surface area contributed by atoms with E-state index in [1.54, 1.807) is 0 Å². The Morgan fingerprint density at radius 3 is 2.55 bits per heavy atom. The molecule has 1 saturated carbocycles. The maximum atomic E-state index is 3.64. The molecular weight excluding hydrogens is 244 g/mol. The molecule has 0 saturated heterocycles. The van der Waals surface area contributed by atoms with E-state index in [2.05, 4.69) is 61.4 Å². The summed E-state index contributed by atoms with van der Waals surface area (Å²) >= 11 is 0. The van der Waals surface area contributed by atoms with Crippen molar-refractivity contribution < 1.29 is 0 Å². The second kappa shape index (κ2) is 7.80. The molecule has 2 nitrogen and oxygen atoms in total. The van der Waals surface area contributed by atoms with Crippen molar-refractivity contribution >= 4 is 0 Å². The lowest BCUT2D eigenvalue weighted by Crippen LogP contribution is -2.43. The van der Waals surface area contributed by atoms with Gasteiger partial charge in [-0.25, -0.2) is 0 Å². The quantitative estimate of drug-likeness (QED) is 0.847. The maximum Gasteiger partial charge on any atom is 0.0449 e. The van der Waals surface area contributed by atoms with Crippen molar-refractivity contribution in [1.82, 2.24) is 10.2 Å². The minimum absolute atomic E-state index is 0.445. The largest absolute Gasteiger partial charge is 0.309 e. The highest BCUT2D eigenvalue weighted by Gasteiger charge is 2.26. The second-order valence-electron chi connectivity index (χ2n) is 6.29. The minimum Gasteiger partial charge on any atom is -0.309 e. The molecule has 0 amide bonds. The Labute approximate surface area is 124 Å². The van der Waals surface area contributed by atoms with Crippen LogP contribution in [0.4, 0.5) is 0 Å². The van der Waals surface area contributed by atoms with Gasteiger partial charge in [0, 0.05) is 18.6 Å². The zero-order valence-electron chi connectivity index (χ0n) is 13.3. The van der Waals surface area contributed by atoms with Crippen LogP contribution in [0.3, 0.4) is 0 Å². The molecule has 2 heteroatoms. The van der Waals surface area contributed by atoms with Gasteiger partial charge in [0.25, 0.3) is 0 Å². The molecule has 1 fully saturated rings. The topological polar surface area (TPSA) is 15.3 Å². The predicted molar refractivity (Wildman–Crippen MR) is 86.9 cm³/mol. The first kappa shape index (κ1) is 15.5. The van der Waals surface area contributed by atoms with E-state index < -0.39 is 0 Å². The first-order chi connectivity index (χ1) is 9.72. The minimum atomic E-state index is 0.445. The molecule has 112 valence electrons. The molecule has 1 aliphatic carbocycles. The molecule has 0 heterocycles. The summed E-state index contributed by atoms with van der Waals surface area (Å²) < 4.78 is 0. The molecule has 20 heavy (non-hydrogen) atoms. The zero-order valence-corrected chi connectivity index (χ0v) is 13.3. The van der Waals surface area contributed by atoms with E-state index in [1.165, 1.54) is 31.2 Å². The number of nitrogens with one attached hydrogen (secondary N) is 1. The van der Waals surface area contributed by atoms with Crippen LogP contribution in [0.2, 0.25) is 0 Å². The summed E-state index contributed by atoms with van der Waals surface area (Å²) in [5, 5.41) is 3.64. The smallest absolute Gasteiger partial charge is 0.0449 e. The predicted octanol–water partition coefficient (Wildman–Crippen LogP) is 3.85. The zero-order chi connectivity index (χ0) is 14.4. The van der Waals surface area contributed by atoms with Gasteiger partial charge in [-0.3, -0.25) is 0 Å². The van der Waals surface area contributed by atoms with Gasteiger partial charge in [-0.1, -0.05) is 57.0 Å². The summed E-state index contributed by atoms with van der Waals surface area (Å²) in [6.07, 6.45) is 5.58. The van der Waals surface area contributed by atoms with Crippen LogP contribution >= 0.6 is 0 Å². The first-order valence-electron chi connectivity index (χ1n) is 8.21. The molecule has 1 aromatic carbocycles. The monoisotopic (exact) mass is 274 g/mol. The molecular formula is C18H30N2. The fourth-order valence-electron chi connectivity index (χ4n) is 3.59. The summed E-state index contributed by atoms with van der Waals surface area (Å²) in [4.78, 5) is 2.59. The molecule has 3 unspecified atom stereocenters. The molecule has 2 rings (SSSR count). The maximum absolute atomic E-state index is 3.64. The number of likely N-dealkylation sites (N-methyl/N-ethyl adjacent to an activating group) is 2. The lowest BCUT2D eigenvalue weighted by Gasteiger charge is -2.38. The molecule has 3 atom stereocenters. The van der Waals surface area contributed by atoms with Gasteiger partial charge in [-0.2, -0.15) is 0 Å². The summed E-state index contributed by atoms with van der Waals surface area (Å²) in [5.41, 5.74) is 1.41. The third-order valence-corrected chi connectivity index (χ3v) is 4.76. The van der Waals surface area contributed by atoms with Crippen molar-refractivity contribution in [2.24, 2.45) is 5.92 Å². The fraction of sp³-hybridized carbons (Fsp3) is 0.667. The van der Waals surface area contributed by atoms with Gasteiger partial charge in [0.05, 0.1) is 0 Å². The summed E-state index contributed by atoms with van der Waals surface area (Å²) in [6, 6.07) is 12.1. The third-order valence-electron chi connectivity index (χ3n) is 4.76. The van der Waals surface area contributed by atoms with E-state index in [1.807, 2.05) is 0 Å². The highest BCUT2D eigenvalue weighted by Crippen LogP contribution is 2.28. The Kier molecular flexibility index (Phi) is 6.06. The number of benzene rings is 1. The molecule has 1 aliphatic rings. The molecule has 1 aromatic rings. The number of rotatable bonds is 6. The van der Waals surface area contributed by atoms with E-state index in [4.69, 9.17) is 0 Å². The van der Waals surface area contributed by atoms with Crippen LogP contribution in [0.1, 0.15) is 51.1 Å². The van der Waals surface area contributed by atoms with Gasteiger partial charge >= 0.3 is 0 Å². The Morgan fingerprint density at radius 1 is 1.20 bits per heavy atom. The number of hydrogen-bond acceptors (Lipinski definition) is 2. The van der Waals surface area contributed by atoms with E-state index in [0.717, 1.165) is 25.0 Å². The standard InChI is InChI=1S/C18H30N2/c1-4-19-17(16-11-6-5-7-12-16)14-20(3)18-13-9-8-10-15(18)2/h5-7,11-12,15,17-19H,4,8-10,13-14H2,1-3H3. The third kappa shape index (κ3) is 4.07. The number of nitrogens with zero attached hydrogens (tertiary/aromatic N) is 1. The van der Waals surface area contributed by atoms with Crippen molar-refractivity contribution in [2.45, 2.75) is 51.6 Å². The van der Waals surface area contributed by atoms with E-state index >= 15 is 0 Å². The average Bonchev–Trinajstić information content (AvgIpc) is 2.48. The Bertz CT molecular complexity index is 376. The summed E-state index contributed by atoms with van der Waals surface area (Å²) in [5.74, 6) is 0.840. The Morgan fingerprint density at radius 2 is 1.90 bits per heavy atom. The molecule has 0 aromatic heterocycles. The van der Waals surface area contributed by atoms with Crippen LogP contribution in [0.25, 0.3) is 0 Å². The van der Waals surface area contributed by atoms with E-state index in [-0.39, 0.29) is 0 Å². The Balaban J connectivity index is 2.00. The lowest BCUT2D eigenvalue weighted by molar-refractivity contribution is 0.128. The van der Waals surface area contributed by atoms with Crippen molar-refractivity contribution in [3.63, 3.8) is 0 Å². The van der Waals surface area contributed by atoms with E-state index in [9.17, 15) is 0 Å². The summed E-state index contributed by atoms with van der Waals surface area (Å²) in [7, 11) is 2.31. The highest BCUT2D eigenvalue weighted by molar-refractivity contribution is 5.19. The highest BCUT2D eigenvalue weighted by atomic mass is 15.2. The van der Waals surface area contributed by atoms with Crippen LogP contribution in [0, 0.1) is 5.92 Å². The van der Waals surface area contributed by atoms with Gasteiger partial charge in [0.1, 0.15) is 0 Å². The molecule has 0 radical (unpaired) electrons. The lowest BCUT2D eigenvalue weighted by atomic mass is 9.85. The normalized spacial score (nSPS) is 24.8. The van der Waals surface area contributed by atoms with Crippen LogP contribution in [0.5, 0.6) is 0 Å². The van der Waals surface area contributed by atoms with Crippen molar-refractivity contribution in [3.8, 4) is 0 Å². The van der Waals surface area contributed by atoms with Crippen LogP contribution < -0.4 is 5.32 Å². The van der Waals surface area contributed by atoms with Gasteiger partial charge in [-0.05, 0) is 37.9 Å². The van der Waals surface area contributed by atoms with Crippen LogP contribution in [-0.2, 0) is 0 Å². The molecule has 1 N–H and O–H groups in total. The van der Waals surface area contributed by atoms with Gasteiger partial charge in [0.2, 0.25) is 0 Å². The summed E-state index contributed by atoms with van der Waals surface area (Å²) in [6.45, 7) is 6.74. The van der Waals surface area contributed by atoms with Crippen LogP contribution in [-0.4, -0.2) is 31.1 Å². The van der Waals surface area contributed by atoms with Crippen molar-refractivity contribution in [1.29, 1.82) is 0 Å². The van der Waals surface area contributed by atoms with Gasteiger partial charge in [0.15, 0.2) is 0 Å². The molecule has 0 spiro atoms. The number of hydrogen-bond donors (Lipinski definition) is 1. The van der Waals surface area contributed by atoms with Crippen molar-refractivity contribution in [3.05, 3.63) is 35.9 Å². The fourth-order valence-corrected chi connectivity index (χ4v) is 3.59. The van der Waals surface area contributed by atoms with E-state index in [0.29, 0.717) is 6.04 Å². The van der Waals surface area contributed by atoms with Crippen LogP contribution in [0.15, 0.2) is 30.3 Å². The SMILES string of the molecule is CCNC(CN(C)C1CCCCC1C)c1ccccc1. The average molecular weight is 274 g/mol. The first-order valence-corrected chi connectivity index (χ1v) is 8.21.